The molecule has 0 aliphatic carbocycles. The average Bonchev–Trinajstić information content (AvgIpc) is 2.76. The molecule has 2 unspecified atom stereocenters. The van der Waals surface area contributed by atoms with Crippen molar-refractivity contribution in [2.75, 3.05) is 19.6 Å². The topological polar surface area (TPSA) is 58.4 Å². The Hall–Kier alpha value is -0.910. The lowest BCUT2D eigenvalue weighted by atomic mass is 10.0. The van der Waals surface area contributed by atoms with E-state index in [2.05, 4.69) is 36.2 Å². The summed E-state index contributed by atoms with van der Waals surface area (Å²) in [6.45, 7) is 6.25. The number of carbonyl (C=O) groups is 1. The number of amides is 1. The van der Waals surface area contributed by atoms with Gasteiger partial charge in [0.05, 0.1) is 12.6 Å². The van der Waals surface area contributed by atoms with Gasteiger partial charge in [-0.3, -0.25) is 9.69 Å². The van der Waals surface area contributed by atoms with Crippen molar-refractivity contribution in [3.63, 3.8) is 0 Å². The zero-order chi connectivity index (χ0) is 13.1. The van der Waals surface area contributed by atoms with Gasteiger partial charge in [-0.2, -0.15) is 0 Å². The Bertz CT molecular complexity index is 418. The molecule has 0 bridgehead atoms. The number of nitrogens with two attached hydrogens (primary N) is 1. The molecular weight excluding hydrogens is 246 g/mol. The first-order valence-corrected chi connectivity index (χ1v) is 7.26. The average molecular weight is 267 g/mol. The summed E-state index contributed by atoms with van der Waals surface area (Å²) in [6.07, 6.45) is 0.916. The van der Waals surface area contributed by atoms with Crippen LogP contribution < -0.4 is 11.1 Å². The van der Waals surface area contributed by atoms with E-state index in [0.717, 1.165) is 19.5 Å². The van der Waals surface area contributed by atoms with Gasteiger partial charge in [-0.25, -0.2) is 0 Å². The molecule has 1 aliphatic rings. The van der Waals surface area contributed by atoms with Gasteiger partial charge in [0, 0.05) is 28.9 Å². The van der Waals surface area contributed by atoms with E-state index in [1.54, 1.807) is 11.3 Å². The molecule has 1 aliphatic heterocycles. The van der Waals surface area contributed by atoms with E-state index in [0.29, 0.717) is 6.54 Å². The smallest absolute Gasteiger partial charge is 0.234 e. The second-order valence-electron chi connectivity index (χ2n) is 4.79. The van der Waals surface area contributed by atoms with E-state index in [1.165, 1.54) is 9.75 Å². The number of nitrogens with zero attached hydrogens (tertiary/aromatic N) is 1. The molecule has 2 atom stereocenters. The van der Waals surface area contributed by atoms with Crippen LogP contribution in [0, 0.1) is 6.92 Å². The first-order chi connectivity index (χ1) is 8.61. The minimum Gasteiger partial charge on any atom is -0.354 e. The van der Waals surface area contributed by atoms with Gasteiger partial charge in [-0.15, -0.1) is 11.3 Å². The molecule has 1 aromatic heterocycles. The van der Waals surface area contributed by atoms with Crippen LogP contribution in [0.2, 0.25) is 0 Å². The molecule has 0 saturated carbocycles. The van der Waals surface area contributed by atoms with E-state index in [-0.39, 0.29) is 18.0 Å². The summed E-state index contributed by atoms with van der Waals surface area (Å²) in [5.41, 5.74) is 6.27. The Balaban J connectivity index is 2.22. The van der Waals surface area contributed by atoms with Crippen molar-refractivity contribution in [3.8, 4) is 0 Å². The van der Waals surface area contributed by atoms with Gasteiger partial charge in [0.25, 0.3) is 0 Å². The Morgan fingerprint density at radius 2 is 2.33 bits per heavy atom. The fourth-order valence-corrected chi connectivity index (χ4v) is 3.48. The highest BCUT2D eigenvalue weighted by molar-refractivity contribution is 7.12. The number of nitrogens with one attached hydrogen (secondary N) is 1. The van der Waals surface area contributed by atoms with Crippen molar-refractivity contribution in [2.45, 2.75) is 32.4 Å². The number of hydrogen-bond donors (Lipinski definition) is 2. The first kappa shape index (κ1) is 13.5. The summed E-state index contributed by atoms with van der Waals surface area (Å²) in [6, 6.07) is 4.51. The zero-order valence-corrected chi connectivity index (χ0v) is 11.8. The Labute approximate surface area is 112 Å². The van der Waals surface area contributed by atoms with Gasteiger partial charge in [0.1, 0.15) is 0 Å². The van der Waals surface area contributed by atoms with Crippen LogP contribution in [0.25, 0.3) is 0 Å². The Morgan fingerprint density at radius 3 is 2.89 bits per heavy atom. The maximum absolute atomic E-state index is 11.5. The fourth-order valence-electron chi connectivity index (χ4n) is 2.39. The lowest BCUT2D eigenvalue weighted by Gasteiger charge is -2.36. The highest BCUT2D eigenvalue weighted by Crippen LogP contribution is 2.30. The zero-order valence-electron chi connectivity index (χ0n) is 11.0. The molecule has 18 heavy (non-hydrogen) atoms. The number of hydrogen-bond acceptors (Lipinski definition) is 4. The van der Waals surface area contributed by atoms with E-state index >= 15 is 0 Å². The predicted molar refractivity (Wildman–Crippen MR) is 74.6 cm³/mol. The summed E-state index contributed by atoms with van der Waals surface area (Å²) in [4.78, 5) is 16.3. The minimum absolute atomic E-state index is 0.0777. The SMILES string of the molecule is CCC(N)C(c1ccc(C)s1)N1CCNC(=O)C1. The van der Waals surface area contributed by atoms with Crippen molar-refractivity contribution in [1.82, 2.24) is 10.2 Å². The normalized spacial score (nSPS) is 20.5. The molecule has 5 heteroatoms. The molecule has 3 N–H and O–H groups in total. The molecular formula is C13H21N3OS. The molecule has 1 saturated heterocycles. The summed E-state index contributed by atoms with van der Waals surface area (Å²) < 4.78 is 0. The monoisotopic (exact) mass is 267 g/mol. The third-order valence-electron chi connectivity index (χ3n) is 3.39. The Kier molecular flexibility index (Phi) is 4.37. The number of thiophene rings is 1. The highest BCUT2D eigenvalue weighted by Gasteiger charge is 2.30. The first-order valence-electron chi connectivity index (χ1n) is 6.44. The van der Waals surface area contributed by atoms with Gasteiger partial charge >= 0.3 is 0 Å². The van der Waals surface area contributed by atoms with E-state index < -0.39 is 0 Å². The second-order valence-corrected chi connectivity index (χ2v) is 6.11. The van der Waals surface area contributed by atoms with Crippen LogP contribution in [0.5, 0.6) is 0 Å². The van der Waals surface area contributed by atoms with Gasteiger partial charge in [0.2, 0.25) is 5.91 Å². The predicted octanol–water partition coefficient (Wildman–Crippen LogP) is 1.27. The van der Waals surface area contributed by atoms with Crippen LogP contribution in [0.1, 0.15) is 29.1 Å². The number of aryl methyl sites for hydroxylation is 1. The van der Waals surface area contributed by atoms with Gasteiger partial charge < -0.3 is 11.1 Å². The largest absolute Gasteiger partial charge is 0.354 e. The molecule has 2 rings (SSSR count). The lowest BCUT2D eigenvalue weighted by molar-refractivity contribution is -0.125. The quantitative estimate of drug-likeness (QED) is 0.863. The standard InChI is InChI=1S/C13H21N3OS/c1-3-10(14)13(11-5-4-9(2)18-11)16-7-6-15-12(17)8-16/h4-5,10,13H,3,6-8,14H2,1-2H3,(H,15,17). The molecule has 2 heterocycles. The van der Waals surface area contributed by atoms with Crippen LogP contribution in [0.4, 0.5) is 0 Å². The maximum atomic E-state index is 11.5. The van der Waals surface area contributed by atoms with Gasteiger partial charge in [-0.05, 0) is 25.5 Å². The summed E-state index contributed by atoms with van der Waals surface area (Å²) in [5, 5.41) is 2.86. The number of carbonyl (C=O) groups excluding carboxylic acids is 1. The fraction of sp³-hybridized carbons (Fsp3) is 0.615. The van der Waals surface area contributed by atoms with Crippen LogP contribution in [0.3, 0.4) is 0 Å². The maximum Gasteiger partial charge on any atom is 0.234 e. The number of piperazine rings is 1. The molecule has 0 aromatic carbocycles. The summed E-state index contributed by atoms with van der Waals surface area (Å²) >= 11 is 1.78. The lowest BCUT2D eigenvalue weighted by Crippen LogP contribution is -2.52. The molecule has 1 fully saturated rings. The van der Waals surface area contributed by atoms with Crippen LogP contribution in [-0.4, -0.2) is 36.5 Å². The van der Waals surface area contributed by atoms with Gasteiger partial charge in [0.15, 0.2) is 0 Å². The summed E-state index contributed by atoms with van der Waals surface area (Å²) in [7, 11) is 0. The van der Waals surface area contributed by atoms with Crippen LogP contribution in [-0.2, 0) is 4.79 Å². The van der Waals surface area contributed by atoms with Crippen molar-refractivity contribution in [3.05, 3.63) is 21.9 Å². The third kappa shape index (κ3) is 2.91. The molecule has 0 radical (unpaired) electrons. The third-order valence-corrected chi connectivity index (χ3v) is 4.46. The molecule has 1 amide bonds. The van der Waals surface area contributed by atoms with Crippen molar-refractivity contribution < 1.29 is 4.79 Å². The van der Waals surface area contributed by atoms with Crippen LogP contribution >= 0.6 is 11.3 Å². The molecule has 4 nitrogen and oxygen atoms in total. The van der Waals surface area contributed by atoms with Crippen molar-refractivity contribution in [2.24, 2.45) is 5.73 Å². The minimum atomic E-state index is 0.0777. The van der Waals surface area contributed by atoms with E-state index in [1.807, 2.05) is 0 Å². The van der Waals surface area contributed by atoms with Gasteiger partial charge in [-0.1, -0.05) is 6.92 Å². The van der Waals surface area contributed by atoms with Crippen LogP contribution in [0.15, 0.2) is 12.1 Å². The van der Waals surface area contributed by atoms with Crippen molar-refractivity contribution >= 4 is 17.2 Å². The number of rotatable bonds is 4. The highest BCUT2D eigenvalue weighted by atomic mass is 32.1. The molecule has 0 spiro atoms. The molecule has 1 aromatic rings. The Morgan fingerprint density at radius 1 is 1.56 bits per heavy atom. The molecule has 100 valence electrons. The second kappa shape index (κ2) is 5.82. The van der Waals surface area contributed by atoms with Crippen molar-refractivity contribution in [1.29, 1.82) is 0 Å². The summed E-state index contributed by atoms with van der Waals surface area (Å²) in [5.74, 6) is 0.0998. The van der Waals surface area contributed by atoms with E-state index in [9.17, 15) is 4.79 Å². The van der Waals surface area contributed by atoms with E-state index in [4.69, 9.17) is 5.73 Å².